The van der Waals surface area contributed by atoms with Gasteiger partial charge in [0.2, 0.25) is 0 Å². The van der Waals surface area contributed by atoms with E-state index in [9.17, 15) is 0 Å². The summed E-state index contributed by atoms with van der Waals surface area (Å²) in [7, 11) is 0. The molecule has 2 aromatic heterocycles. The van der Waals surface area contributed by atoms with Crippen LogP contribution in [0.1, 0.15) is 130 Å². The van der Waals surface area contributed by atoms with Crippen molar-refractivity contribution in [3.05, 3.63) is 167 Å². The van der Waals surface area contributed by atoms with Crippen molar-refractivity contribution in [3.63, 3.8) is 0 Å². The summed E-state index contributed by atoms with van der Waals surface area (Å²) in [5.41, 5.74) is 21.5. The fourth-order valence-electron chi connectivity index (χ4n) is 13.6. The zero-order chi connectivity index (χ0) is 45.8. The Kier molecular flexibility index (Phi) is 7.70. The highest BCUT2D eigenvalue weighted by Gasteiger charge is 2.58. The van der Waals surface area contributed by atoms with Gasteiger partial charge in [0.05, 0.1) is 22.1 Å². The lowest BCUT2D eigenvalue weighted by Crippen LogP contribution is -2.42. The van der Waals surface area contributed by atoms with Gasteiger partial charge in [0.15, 0.2) is 0 Å². The van der Waals surface area contributed by atoms with Gasteiger partial charge in [-0.05, 0) is 155 Å². The van der Waals surface area contributed by atoms with Crippen molar-refractivity contribution in [2.24, 2.45) is 10.8 Å². The van der Waals surface area contributed by atoms with Crippen LogP contribution in [0.3, 0.4) is 0 Å². The fraction of sp³-hybridized carbons (Fsp3) is 0.333. The molecule has 2 nitrogen and oxygen atoms in total. The first-order valence-corrected chi connectivity index (χ1v) is 24.1. The molecule has 0 saturated carbocycles. The van der Waals surface area contributed by atoms with Crippen LogP contribution in [0.15, 0.2) is 133 Å². The highest BCUT2D eigenvalue weighted by Crippen LogP contribution is 2.65. The first kappa shape index (κ1) is 40.6. The molecule has 3 aliphatic rings. The van der Waals surface area contributed by atoms with Crippen LogP contribution in [0, 0.1) is 10.8 Å². The molecule has 3 aliphatic carbocycles. The Labute approximate surface area is 386 Å². The summed E-state index contributed by atoms with van der Waals surface area (Å²) in [6.45, 7) is 34.4. The quantitative estimate of drug-likeness (QED) is 0.168. The number of hydrogen-bond donors (Lipinski definition) is 0. The van der Waals surface area contributed by atoms with Crippen LogP contribution in [0.4, 0.5) is 0 Å². The van der Waals surface area contributed by atoms with Crippen molar-refractivity contribution < 1.29 is 0 Å². The Morgan fingerprint density at radius 1 is 0.323 bits per heavy atom. The molecule has 12 rings (SSSR count). The van der Waals surface area contributed by atoms with Gasteiger partial charge in [-0.3, -0.25) is 0 Å². The first-order chi connectivity index (χ1) is 30.5. The summed E-state index contributed by atoms with van der Waals surface area (Å²) in [6, 6.07) is 51.7. The maximum atomic E-state index is 2.58. The molecule has 0 spiro atoms. The van der Waals surface area contributed by atoms with Crippen molar-refractivity contribution in [1.82, 2.24) is 9.13 Å². The maximum absolute atomic E-state index is 2.58. The summed E-state index contributed by atoms with van der Waals surface area (Å²) in [5.74, 6) is 0. The molecule has 326 valence electrons. The van der Waals surface area contributed by atoms with E-state index in [2.05, 4.69) is 240 Å². The Morgan fingerprint density at radius 3 is 1.54 bits per heavy atom. The largest absolute Gasteiger partial charge is 0.309 e. The molecule has 0 bridgehead atoms. The van der Waals surface area contributed by atoms with Gasteiger partial charge in [0.25, 0.3) is 0 Å². The third-order valence-corrected chi connectivity index (χ3v) is 19.9. The highest BCUT2D eigenvalue weighted by molar-refractivity contribution is 6.14. The second kappa shape index (κ2) is 12.3. The molecule has 7 aromatic carbocycles. The number of benzene rings is 7. The van der Waals surface area contributed by atoms with E-state index in [0.29, 0.717) is 0 Å². The van der Waals surface area contributed by atoms with E-state index in [-0.39, 0.29) is 37.9 Å². The highest BCUT2D eigenvalue weighted by atomic mass is 15.0. The Hall–Kier alpha value is -5.86. The molecule has 2 heterocycles. The van der Waals surface area contributed by atoms with E-state index < -0.39 is 0 Å². The molecule has 0 amide bonds. The van der Waals surface area contributed by atoms with E-state index >= 15 is 0 Å². The number of para-hydroxylation sites is 1. The van der Waals surface area contributed by atoms with Gasteiger partial charge in [-0.25, -0.2) is 0 Å². The van der Waals surface area contributed by atoms with Crippen molar-refractivity contribution in [2.75, 3.05) is 0 Å². The van der Waals surface area contributed by atoms with Gasteiger partial charge < -0.3 is 9.13 Å². The molecule has 0 saturated heterocycles. The van der Waals surface area contributed by atoms with Gasteiger partial charge in [0.1, 0.15) is 0 Å². The zero-order valence-corrected chi connectivity index (χ0v) is 41.1. The third kappa shape index (κ3) is 4.71. The summed E-state index contributed by atoms with van der Waals surface area (Å²) < 4.78 is 5.07. The molecule has 2 heteroatoms. The van der Waals surface area contributed by atoms with E-state index in [4.69, 9.17) is 0 Å². The van der Waals surface area contributed by atoms with Gasteiger partial charge in [-0.15, -0.1) is 0 Å². The number of rotatable bonds is 3. The van der Waals surface area contributed by atoms with E-state index in [0.717, 1.165) is 0 Å². The number of aromatic nitrogens is 2. The van der Waals surface area contributed by atoms with Crippen LogP contribution < -0.4 is 0 Å². The summed E-state index contributed by atoms with van der Waals surface area (Å²) in [4.78, 5) is 0. The SMILES string of the molecule is CC1(C)c2ccccc2-c2cc3c4cc5c(cc4n(-c4ccc(-c6ccc7c(c6)c6c8c(ccc6n7-c6ccccc6)C(C)(C)C(C)(C)C8(C)C)cc4)c3cc21)C(C)(C)C(C)(C)C5(C)C. The topological polar surface area (TPSA) is 9.86 Å². The third-order valence-electron chi connectivity index (χ3n) is 19.9. The van der Waals surface area contributed by atoms with Crippen LogP contribution in [0.5, 0.6) is 0 Å². The minimum Gasteiger partial charge on any atom is -0.309 e. The normalized spacial score (nSPS) is 19.8. The number of nitrogens with zero attached hydrogens (tertiary/aromatic N) is 2. The lowest BCUT2D eigenvalue weighted by atomic mass is 9.59. The Morgan fingerprint density at radius 2 is 0.846 bits per heavy atom. The zero-order valence-electron chi connectivity index (χ0n) is 41.1. The predicted octanol–water partition coefficient (Wildman–Crippen LogP) is 17.0. The second-order valence-electron chi connectivity index (χ2n) is 23.9. The van der Waals surface area contributed by atoms with Crippen LogP contribution >= 0.6 is 0 Å². The summed E-state index contributed by atoms with van der Waals surface area (Å²) in [5, 5.41) is 5.40. The average Bonchev–Trinajstić information content (AvgIpc) is 3.91. The van der Waals surface area contributed by atoms with Crippen LogP contribution in [-0.2, 0) is 27.1 Å². The molecule has 0 radical (unpaired) electrons. The van der Waals surface area contributed by atoms with Crippen molar-refractivity contribution >= 4 is 43.6 Å². The minimum absolute atomic E-state index is 0.00301. The van der Waals surface area contributed by atoms with E-state index in [1.807, 2.05) is 0 Å². The van der Waals surface area contributed by atoms with Gasteiger partial charge in [0, 0.05) is 38.3 Å². The van der Waals surface area contributed by atoms with Gasteiger partial charge >= 0.3 is 0 Å². The standard InChI is InChI=1S/C63H64N2/c1-57(2)46-23-19-18-22-41(46)42-33-43-44-34-49-50(60(7,8)62(11,12)59(49,5)6)36-54(44)65(53(43)35-48(42)57)40-27-24-37(25-28-40)38-26-30-51-45(32-38)55-52(64(51)39-20-16-15-17-21-39)31-29-47-56(55)61(9,10)63(13,14)58(47,3)4/h15-36H,1-14H3. The molecular weight excluding hydrogens is 785 g/mol. The molecule has 9 aromatic rings. The van der Waals surface area contributed by atoms with Gasteiger partial charge in [-0.2, -0.15) is 0 Å². The Balaban J connectivity index is 1.08. The Bertz CT molecular complexity index is 3540. The van der Waals surface area contributed by atoms with Crippen molar-refractivity contribution in [2.45, 2.75) is 124 Å². The molecule has 0 unspecified atom stereocenters. The average molecular weight is 849 g/mol. The minimum atomic E-state index is -0.0931. The van der Waals surface area contributed by atoms with Crippen LogP contribution in [-0.4, -0.2) is 9.13 Å². The lowest BCUT2D eigenvalue weighted by Gasteiger charge is -2.44. The van der Waals surface area contributed by atoms with Gasteiger partial charge in [-0.1, -0.05) is 164 Å². The van der Waals surface area contributed by atoms with Crippen molar-refractivity contribution in [1.29, 1.82) is 0 Å². The van der Waals surface area contributed by atoms with E-state index in [1.54, 1.807) is 0 Å². The molecular formula is C63H64N2. The van der Waals surface area contributed by atoms with Crippen molar-refractivity contribution in [3.8, 4) is 33.6 Å². The summed E-state index contributed by atoms with van der Waals surface area (Å²) >= 11 is 0. The molecule has 0 N–H and O–H groups in total. The smallest absolute Gasteiger partial charge is 0.0544 e. The molecule has 0 atom stereocenters. The van der Waals surface area contributed by atoms with Crippen LogP contribution in [0.2, 0.25) is 0 Å². The molecule has 65 heavy (non-hydrogen) atoms. The number of fused-ring (bicyclic) bond motifs is 12. The molecule has 0 fully saturated rings. The fourth-order valence-corrected chi connectivity index (χ4v) is 13.6. The monoisotopic (exact) mass is 849 g/mol. The number of hydrogen-bond acceptors (Lipinski definition) is 0. The first-order valence-electron chi connectivity index (χ1n) is 24.1. The van der Waals surface area contributed by atoms with Crippen LogP contribution in [0.25, 0.3) is 77.2 Å². The summed E-state index contributed by atoms with van der Waals surface area (Å²) in [6.07, 6.45) is 0. The molecule has 0 aliphatic heterocycles. The lowest BCUT2D eigenvalue weighted by molar-refractivity contribution is 0.125. The maximum Gasteiger partial charge on any atom is 0.0544 e. The second-order valence-corrected chi connectivity index (χ2v) is 23.9. The van der Waals surface area contributed by atoms with E-state index in [1.165, 1.54) is 111 Å². The predicted molar refractivity (Wildman–Crippen MR) is 278 cm³/mol.